The van der Waals surface area contributed by atoms with E-state index in [0.29, 0.717) is 6.54 Å². The van der Waals surface area contributed by atoms with Gasteiger partial charge in [0.2, 0.25) is 0 Å². The van der Waals surface area contributed by atoms with E-state index in [1.54, 1.807) is 7.11 Å². The molecule has 1 atom stereocenters. The third kappa shape index (κ3) is 2.94. The SMILES string of the molecule is COc1cccc(C)c1CC(CN)CO. The highest BCUT2D eigenvalue weighted by atomic mass is 16.5. The molecular formula is C12H19NO2. The van der Waals surface area contributed by atoms with Crippen LogP contribution in [0.1, 0.15) is 11.1 Å². The number of ether oxygens (including phenoxy) is 1. The highest BCUT2D eigenvalue weighted by Crippen LogP contribution is 2.24. The van der Waals surface area contributed by atoms with Crippen LogP contribution in [0.4, 0.5) is 0 Å². The van der Waals surface area contributed by atoms with Crippen molar-refractivity contribution >= 4 is 0 Å². The van der Waals surface area contributed by atoms with Crippen LogP contribution in [0.5, 0.6) is 5.75 Å². The van der Waals surface area contributed by atoms with Crippen molar-refractivity contribution in [1.82, 2.24) is 0 Å². The molecule has 0 amide bonds. The molecule has 1 unspecified atom stereocenters. The summed E-state index contributed by atoms with van der Waals surface area (Å²) in [7, 11) is 1.66. The standard InChI is InChI=1S/C12H19NO2/c1-9-4-3-5-12(15-2)11(9)6-10(7-13)8-14/h3-5,10,14H,6-8,13H2,1-2H3. The zero-order chi connectivity index (χ0) is 11.3. The van der Waals surface area contributed by atoms with Crippen LogP contribution in [0.25, 0.3) is 0 Å². The number of benzene rings is 1. The number of aliphatic hydroxyl groups is 1. The number of nitrogens with two attached hydrogens (primary N) is 1. The minimum absolute atomic E-state index is 0.111. The van der Waals surface area contributed by atoms with Gasteiger partial charge in [-0.1, -0.05) is 12.1 Å². The molecule has 3 nitrogen and oxygen atoms in total. The van der Waals surface area contributed by atoms with Gasteiger partial charge in [0.05, 0.1) is 7.11 Å². The van der Waals surface area contributed by atoms with Crippen molar-refractivity contribution < 1.29 is 9.84 Å². The minimum Gasteiger partial charge on any atom is -0.496 e. The highest BCUT2D eigenvalue weighted by Gasteiger charge is 2.12. The Labute approximate surface area is 90.9 Å². The van der Waals surface area contributed by atoms with E-state index in [-0.39, 0.29) is 12.5 Å². The second kappa shape index (κ2) is 5.73. The van der Waals surface area contributed by atoms with E-state index in [9.17, 15) is 0 Å². The maximum absolute atomic E-state index is 9.12. The molecule has 0 saturated heterocycles. The fourth-order valence-electron chi connectivity index (χ4n) is 1.64. The Bertz CT molecular complexity index is 308. The molecule has 0 aliphatic heterocycles. The van der Waals surface area contributed by atoms with Gasteiger partial charge in [0.25, 0.3) is 0 Å². The van der Waals surface area contributed by atoms with Crippen molar-refractivity contribution in [3.63, 3.8) is 0 Å². The molecule has 1 aromatic carbocycles. The molecule has 0 aliphatic carbocycles. The first-order valence-corrected chi connectivity index (χ1v) is 5.16. The van der Waals surface area contributed by atoms with Crippen LogP contribution in [0.3, 0.4) is 0 Å². The van der Waals surface area contributed by atoms with E-state index in [0.717, 1.165) is 17.7 Å². The van der Waals surface area contributed by atoms with Gasteiger partial charge in [-0.05, 0) is 43.0 Å². The largest absolute Gasteiger partial charge is 0.496 e. The van der Waals surface area contributed by atoms with E-state index in [1.807, 2.05) is 25.1 Å². The predicted molar refractivity (Wildman–Crippen MR) is 61.1 cm³/mol. The molecule has 0 fully saturated rings. The lowest BCUT2D eigenvalue weighted by atomic mass is 9.96. The average molecular weight is 209 g/mol. The van der Waals surface area contributed by atoms with Crippen molar-refractivity contribution in [1.29, 1.82) is 0 Å². The van der Waals surface area contributed by atoms with Crippen LogP contribution in [0, 0.1) is 12.8 Å². The Balaban J connectivity index is 2.91. The average Bonchev–Trinajstić information content (AvgIpc) is 2.27. The Morgan fingerprint density at radius 2 is 2.20 bits per heavy atom. The Kier molecular flexibility index (Phi) is 4.59. The molecule has 1 rings (SSSR count). The van der Waals surface area contributed by atoms with Crippen LogP contribution < -0.4 is 10.5 Å². The third-order valence-electron chi connectivity index (χ3n) is 2.67. The molecule has 0 aliphatic rings. The van der Waals surface area contributed by atoms with Gasteiger partial charge < -0.3 is 15.6 Å². The number of hydrogen-bond acceptors (Lipinski definition) is 3. The first-order chi connectivity index (χ1) is 7.22. The first kappa shape index (κ1) is 12.0. The van der Waals surface area contributed by atoms with Crippen molar-refractivity contribution in [3.05, 3.63) is 29.3 Å². The molecular weight excluding hydrogens is 190 g/mol. The third-order valence-corrected chi connectivity index (χ3v) is 2.67. The van der Waals surface area contributed by atoms with Crippen molar-refractivity contribution in [2.24, 2.45) is 11.7 Å². The monoisotopic (exact) mass is 209 g/mol. The Morgan fingerprint density at radius 1 is 1.47 bits per heavy atom. The normalized spacial score (nSPS) is 12.5. The number of aliphatic hydroxyl groups excluding tert-OH is 1. The smallest absolute Gasteiger partial charge is 0.122 e. The summed E-state index contributed by atoms with van der Waals surface area (Å²) < 4.78 is 5.29. The van der Waals surface area contributed by atoms with Crippen LogP contribution in [0.15, 0.2) is 18.2 Å². The topological polar surface area (TPSA) is 55.5 Å². The van der Waals surface area contributed by atoms with Crippen molar-refractivity contribution in [3.8, 4) is 5.75 Å². The van der Waals surface area contributed by atoms with Crippen molar-refractivity contribution in [2.75, 3.05) is 20.3 Å². The molecule has 3 heteroatoms. The molecule has 0 saturated carbocycles. The molecule has 3 N–H and O–H groups in total. The Morgan fingerprint density at radius 3 is 2.73 bits per heavy atom. The summed E-state index contributed by atoms with van der Waals surface area (Å²) in [5.41, 5.74) is 7.90. The number of hydrogen-bond donors (Lipinski definition) is 2. The summed E-state index contributed by atoms with van der Waals surface area (Å²) in [6.45, 7) is 2.66. The quantitative estimate of drug-likeness (QED) is 0.764. The van der Waals surface area contributed by atoms with E-state index in [1.165, 1.54) is 5.56 Å². The molecule has 0 heterocycles. The van der Waals surface area contributed by atoms with Gasteiger partial charge in [0, 0.05) is 6.61 Å². The minimum atomic E-state index is 0.111. The van der Waals surface area contributed by atoms with Gasteiger partial charge in [0.15, 0.2) is 0 Å². The number of rotatable bonds is 5. The maximum Gasteiger partial charge on any atom is 0.122 e. The van der Waals surface area contributed by atoms with Gasteiger partial charge >= 0.3 is 0 Å². The molecule has 1 aromatic rings. The van der Waals surface area contributed by atoms with E-state index >= 15 is 0 Å². The molecule has 0 spiro atoms. The fraction of sp³-hybridized carbons (Fsp3) is 0.500. The lowest BCUT2D eigenvalue weighted by Gasteiger charge is -2.16. The van der Waals surface area contributed by atoms with E-state index in [4.69, 9.17) is 15.6 Å². The van der Waals surface area contributed by atoms with Crippen LogP contribution >= 0.6 is 0 Å². The molecule has 0 bridgehead atoms. The summed E-state index contributed by atoms with van der Waals surface area (Å²) in [6, 6.07) is 5.95. The highest BCUT2D eigenvalue weighted by molar-refractivity contribution is 5.39. The zero-order valence-electron chi connectivity index (χ0n) is 9.36. The van der Waals surface area contributed by atoms with Gasteiger partial charge in [0.1, 0.15) is 5.75 Å². The van der Waals surface area contributed by atoms with E-state index < -0.39 is 0 Å². The van der Waals surface area contributed by atoms with Crippen molar-refractivity contribution in [2.45, 2.75) is 13.3 Å². The number of methoxy groups -OCH3 is 1. The first-order valence-electron chi connectivity index (χ1n) is 5.16. The van der Waals surface area contributed by atoms with Gasteiger partial charge in [-0.2, -0.15) is 0 Å². The van der Waals surface area contributed by atoms with Crippen LogP contribution in [0.2, 0.25) is 0 Å². The van der Waals surface area contributed by atoms with Gasteiger partial charge in [-0.15, -0.1) is 0 Å². The fourth-order valence-corrected chi connectivity index (χ4v) is 1.64. The molecule has 84 valence electrons. The summed E-state index contributed by atoms with van der Waals surface area (Å²) in [4.78, 5) is 0. The zero-order valence-corrected chi connectivity index (χ0v) is 9.36. The van der Waals surface area contributed by atoms with Gasteiger partial charge in [-0.3, -0.25) is 0 Å². The summed E-state index contributed by atoms with van der Waals surface area (Å²) in [5, 5.41) is 9.12. The molecule has 0 aromatic heterocycles. The molecule has 0 radical (unpaired) electrons. The molecule has 15 heavy (non-hydrogen) atoms. The lowest BCUT2D eigenvalue weighted by molar-refractivity contribution is 0.228. The number of aryl methyl sites for hydroxylation is 1. The van der Waals surface area contributed by atoms with Gasteiger partial charge in [-0.25, -0.2) is 0 Å². The second-order valence-corrected chi connectivity index (χ2v) is 3.74. The van der Waals surface area contributed by atoms with E-state index in [2.05, 4.69) is 0 Å². The lowest BCUT2D eigenvalue weighted by Crippen LogP contribution is -2.21. The summed E-state index contributed by atoms with van der Waals surface area (Å²) >= 11 is 0. The maximum atomic E-state index is 9.12. The van der Waals surface area contributed by atoms with Crippen LogP contribution in [-0.4, -0.2) is 25.4 Å². The second-order valence-electron chi connectivity index (χ2n) is 3.74. The van der Waals surface area contributed by atoms with Crippen LogP contribution in [-0.2, 0) is 6.42 Å². The predicted octanol–water partition coefficient (Wildman–Crippen LogP) is 1.11. The Hall–Kier alpha value is -1.06. The summed E-state index contributed by atoms with van der Waals surface area (Å²) in [5.74, 6) is 0.988. The summed E-state index contributed by atoms with van der Waals surface area (Å²) in [6.07, 6.45) is 0.767.